The van der Waals surface area contributed by atoms with E-state index in [-0.39, 0.29) is 5.41 Å². The van der Waals surface area contributed by atoms with Gasteiger partial charge in [-0.3, -0.25) is 0 Å². The molecule has 0 spiro atoms. The maximum atomic E-state index is 5.42. The average Bonchev–Trinajstić information content (AvgIpc) is 2.95. The highest BCUT2D eigenvalue weighted by molar-refractivity contribution is 5.37. The van der Waals surface area contributed by atoms with Crippen LogP contribution >= 0.6 is 0 Å². The number of fused-ring (bicyclic) bond motifs is 1. The van der Waals surface area contributed by atoms with Crippen molar-refractivity contribution in [1.82, 2.24) is 19.8 Å². The van der Waals surface area contributed by atoms with Crippen molar-refractivity contribution in [2.45, 2.75) is 38.5 Å². The molecule has 2 aromatic rings. The molecule has 5 nitrogen and oxygen atoms in total. The van der Waals surface area contributed by atoms with E-state index in [0.717, 1.165) is 36.8 Å². The highest BCUT2D eigenvalue weighted by Gasteiger charge is 2.24. The molecule has 0 radical (unpaired) electrons. The monoisotopic (exact) mass is 246 g/mol. The molecule has 18 heavy (non-hydrogen) atoms. The second-order valence-electron chi connectivity index (χ2n) is 5.86. The third kappa shape index (κ3) is 1.88. The molecule has 5 heteroatoms. The molecule has 0 aliphatic carbocycles. The van der Waals surface area contributed by atoms with Crippen LogP contribution in [0, 0.1) is 0 Å². The molecule has 1 saturated heterocycles. The smallest absolute Gasteiger partial charge is 0.177 e. The summed E-state index contributed by atoms with van der Waals surface area (Å²) < 4.78 is 7.29. The van der Waals surface area contributed by atoms with Gasteiger partial charge in [-0.15, -0.1) is 10.2 Å². The second-order valence-corrected chi connectivity index (χ2v) is 5.86. The molecule has 3 heterocycles. The van der Waals surface area contributed by atoms with E-state index in [1.807, 2.05) is 16.6 Å². The Hall–Kier alpha value is -1.49. The summed E-state index contributed by atoms with van der Waals surface area (Å²) in [4.78, 5) is 0. The van der Waals surface area contributed by atoms with Gasteiger partial charge in [0.15, 0.2) is 11.5 Å². The van der Waals surface area contributed by atoms with Crippen LogP contribution in [0.25, 0.3) is 5.65 Å². The lowest BCUT2D eigenvalue weighted by Gasteiger charge is -2.17. The fraction of sp³-hybridized carbons (Fsp3) is 0.615. The fourth-order valence-corrected chi connectivity index (χ4v) is 2.20. The van der Waals surface area contributed by atoms with Crippen LogP contribution in [0.4, 0.5) is 0 Å². The van der Waals surface area contributed by atoms with Crippen molar-refractivity contribution in [3.05, 3.63) is 23.7 Å². The SMILES string of the molecule is CC(C)(C)c1ccc2nnc(C3CCOC3)n2n1. The zero-order chi connectivity index (χ0) is 12.8. The number of nitrogens with zero attached hydrogens (tertiary/aromatic N) is 4. The van der Waals surface area contributed by atoms with E-state index in [2.05, 4.69) is 36.1 Å². The number of rotatable bonds is 1. The van der Waals surface area contributed by atoms with Gasteiger partial charge in [-0.2, -0.15) is 9.61 Å². The van der Waals surface area contributed by atoms with Gasteiger partial charge in [0.25, 0.3) is 0 Å². The Morgan fingerprint density at radius 1 is 1.28 bits per heavy atom. The highest BCUT2D eigenvalue weighted by atomic mass is 16.5. The first kappa shape index (κ1) is 11.6. The van der Waals surface area contributed by atoms with Gasteiger partial charge in [0, 0.05) is 17.9 Å². The van der Waals surface area contributed by atoms with Crippen molar-refractivity contribution < 1.29 is 4.74 Å². The third-order valence-electron chi connectivity index (χ3n) is 3.35. The zero-order valence-corrected chi connectivity index (χ0v) is 11.1. The van der Waals surface area contributed by atoms with Crippen molar-refractivity contribution in [2.24, 2.45) is 0 Å². The van der Waals surface area contributed by atoms with E-state index in [1.165, 1.54) is 0 Å². The van der Waals surface area contributed by atoms with E-state index in [4.69, 9.17) is 4.74 Å². The Morgan fingerprint density at radius 2 is 2.11 bits per heavy atom. The van der Waals surface area contributed by atoms with Gasteiger partial charge in [-0.05, 0) is 18.6 Å². The summed E-state index contributed by atoms with van der Waals surface area (Å²) >= 11 is 0. The van der Waals surface area contributed by atoms with Crippen LogP contribution < -0.4 is 0 Å². The zero-order valence-electron chi connectivity index (χ0n) is 11.1. The van der Waals surface area contributed by atoms with Crippen molar-refractivity contribution in [2.75, 3.05) is 13.2 Å². The lowest BCUT2D eigenvalue weighted by molar-refractivity contribution is 0.193. The minimum atomic E-state index is 0.0297. The van der Waals surface area contributed by atoms with E-state index in [9.17, 15) is 0 Å². The summed E-state index contributed by atoms with van der Waals surface area (Å²) in [5.74, 6) is 1.25. The van der Waals surface area contributed by atoms with Crippen LogP contribution in [0.3, 0.4) is 0 Å². The Morgan fingerprint density at radius 3 is 2.78 bits per heavy atom. The van der Waals surface area contributed by atoms with E-state index in [1.54, 1.807) is 0 Å². The summed E-state index contributed by atoms with van der Waals surface area (Å²) in [6.45, 7) is 8.00. The van der Waals surface area contributed by atoms with Crippen LogP contribution in [0.5, 0.6) is 0 Å². The molecule has 0 bridgehead atoms. The minimum absolute atomic E-state index is 0.0297. The summed E-state index contributed by atoms with van der Waals surface area (Å²) in [6, 6.07) is 4.01. The van der Waals surface area contributed by atoms with Crippen LogP contribution in [0.2, 0.25) is 0 Å². The normalized spacial score (nSPS) is 20.7. The molecule has 3 rings (SSSR count). The third-order valence-corrected chi connectivity index (χ3v) is 3.35. The van der Waals surface area contributed by atoms with Gasteiger partial charge >= 0.3 is 0 Å². The Bertz CT molecular complexity index is 564. The molecule has 1 aliphatic heterocycles. The van der Waals surface area contributed by atoms with Crippen molar-refractivity contribution in [3.8, 4) is 0 Å². The molecule has 1 atom stereocenters. The first-order chi connectivity index (χ1) is 8.55. The van der Waals surface area contributed by atoms with Crippen LogP contribution in [-0.4, -0.2) is 33.0 Å². The molecule has 96 valence electrons. The van der Waals surface area contributed by atoms with E-state index >= 15 is 0 Å². The molecule has 0 amide bonds. The largest absolute Gasteiger partial charge is 0.381 e. The standard InChI is InChI=1S/C13H18N4O/c1-13(2,3)10-4-5-11-14-15-12(17(11)16-10)9-6-7-18-8-9/h4-5,9H,6-8H2,1-3H3. The number of hydrogen-bond acceptors (Lipinski definition) is 4. The maximum Gasteiger partial charge on any atom is 0.177 e. The summed E-state index contributed by atoms with van der Waals surface area (Å²) in [5, 5.41) is 13.1. The maximum absolute atomic E-state index is 5.42. The van der Waals surface area contributed by atoms with Gasteiger partial charge in [-0.1, -0.05) is 20.8 Å². The molecular weight excluding hydrogens is 228 g/mol. The second kappa shape index (κ2) is 4.02. The number of aromatic nitrogens is 4. The molecule has 1 unspecified atom stereocenters. The van der Waals surface area contributed by atoms with Gasteiger partial charge in [0.05, 0.1) is 12.3 Å². The minimum Gasteiger partial charge on any atom is -0.381 e. The molecule has 2 aromatic heterocycles. The van der Waals surface area contributed by atoms with E-state index < -0.39 is 0 Å². The van der Waals surface area contributed by atoms with Crippen LogP contribution in [0.15, 0.2) is 12.1 Å². The lowest BCUT2D eigenvalue weighted by Crippen LogP contribution is -2.16. The van der Waals surface area contributed by atoms with Gasteiger partial charge in [-0.25, -0.2) is 0 Å². The lowest BCUT2D eigenvalue weighted by atomic mass is 9.92. The van der Waals surface area contributed by atoms with Crippen molar-refractivity contribution in [3.63, 3.8) is 0 Å². The number of ether oxygens (including phenoxy) is 1. The quantitative estimate of drug-likeness (QED) is 0.771. The molecule has 1 aliphatic rings. The molecule has 1 fully saturated rings. The number of hydrogen-bond donors (Lipinski definition) is 0. The predicted molar refractivity (Wildman–Crippen MR) is 67.7 cm³/mol. The van der Waals surface area contributed by atoms with Gasteiger partial charge in [0.1, 0.15) is 0 Å². The summed E-state index contributed by atoms with van der Waals surface area (Å²) in [5.41, 5.74) is 1.89. The Kier molecular flexibility index (Phi) is 2.59. The topological polar surface area (TPSA) is 52.3 Å². The first-order valence-corrected chi connectivity index (χ1v) is 6.36. The summed E-state index contributed by atoms with van der Waals surface area (Å²) in [6.07, 6.45) is 1.00. The van der Waals surface area contributed by atoms with Gasteiger partial charge < -0.3 is 4.74 Å². The molecule has 0 saturated carbocycles. The average molecular weight is 246 g/mol. The molecular formula is C13H18N4O. The summed E-state index contributed by atoms with van der Waals surface area (Å²) in [7, 11) is 0. The van der Waals surface area contributed by atoms with Crippen molar-refractivity contribution in [1.29, 1.82) is 0 Å². The molecule has 0 N–H and O–H groups in total. The van der Waals surface area contributed by atoms with Gasteiger partial charge in [0.2, 0.25) is 0 Å². The van der Waals surface area contributed by atoms with E-state index in [0.29, 0.717) is 5.92 Å². The fourth-order valence-electron chi connectivity index (χ4n) is 2.20. The predicted octanol–water partition coefficient (Wildman–Crippen LogP) is 1.93. The van der Waals surface area contributed by atoms with Crippen molar-refractivity contribution >= 4 is 5.65 Å². The first-order valence-electron chi connectivity index (χ1n) is 6.36. The Balaban J connectivity index is 2.10. The van der Waals surface area contributed by atoms with Crippen LogP contribution in [-0.2, 0) is 10.2 Å². The molecule has 0 aromatic carbocycles. The Labute approximate surface area is 106 Å². The van der Waals surface area contributed by atoms with Crippen LogP contribution in [0.1, 0.15) is 44.6 Å². The highest BCUT2D eigenvalue weighted by Crippen LogP contribution is 2.25.